The van der Waals surface area contributed by atoms with Gasteiger partial charge in [-0.25, -0.2) is 0 Å². The van der Waals surface area contributed by atoms with Crippen LogP contribution in [0.1, 0.15) is 5.56 Å². The first-order chi connectivity index (χ1) is 6.16. The summed E-state index contributed by atoms with van der Waals surface area (Å²) in [4.78, 5) is 11.1. The molecule has 1 amide bonds. The molecule has 1 heterocycles. The highest BCUT2D eigenvalue weighted by Crippen LogP contribution is 2.33. The molecule has 0 saturated heterocycles. The Morgan fingerprint density at radius 1 is 1.46 bits per heavy atom. The van der Waals surface area contributed by atoms with Crippen LogP contribution >= 0.6 is 15.9 Å². The average Bonchev–Trinajstić information content (AvgIpc) is 2.02. The fourth-order valence-corrected chi connectivity index (χ4v) is 2.10. The summed E-state index contributed by atoms with van der Waals surface area (Å²) in [5.41, 5.74) is 2.93. The van der Waals surface area contributed by atoms with E-state index in [9.17, 15) is 4.79 Å². The molecule has 1 aliphatic rings. The van der Waals surface area contributed by atoms with Crippen molar-refractivity contribution < 1.29 is 4.79 Å². The van der Waals surface area contributed by atoms with E-state index in [1.165, 1.54) is 0 Å². The van der Waals surface area contributed by atoms with Crippen LogP contribution < -0.4 is 10.6 Å². The van der Waals surface area contributed by atoms with Crippen LogP contribution in [-0.4, -0.2) is 12.5 Å². The van der Waals surface area contributed by atoms with E-state index in [1.54, 1.807) is 0 Å². The van der Waals surface area contributed by atoms with Gasteiger partial charge in [-0.15, -0.1) is 0 Å². The summed E-state index contributed by atoms with van der Waals surface area (Å²) in [5.74, 6) is 0.00463. The molecule has 0 saturated carbocycles. The molecule has 1 aromatic rings. The van der Waals surface area contributed by atoms with Crippen molar-refractivity contribution in [1.82, 2.24) is 0 Å². The molecule has 0 bridgehead atoms. The largest absolute Gasteiger partial charge is 0.374 e. The first-order valence-electron chi connectivity index (χ1n) is 4.00. The van der Waals surface area contributed by atoms with Gasteiger partial charge in [-0.05, 0) is 40.5 Å². The van der Waals surface area contributed by atoms with Crippen LogP contribution in [0.15, 0.2) is 16.6 Å². The zero-order valence-electron chi connectivity index (χ0n) is 7.15. The van der Waals surface area contributed by atoms with Gasteiger partial charge in [0, 0.05) is 4.47 Å². The monoisotopic (exact) mass is 240 g/mol. The van der Waals surface area contributed by atoms with E-state index in [2.05, 4.69) is 26.6 Å². The molecule has 1 aliphatic heterocycles. The molecule has 2 N–H and O–H groups in total. The van der Waals surface area contributed by atoms with Crippen LogP contribution in [0.4, 0.5) is 11.4 Å². The van der Waals surface area contributed by atoms with Crippen molar-refractivity contribution in [3.63, 3.8) is 0 Å². The predicted molar refractivity (Wildman–Crippen MR) is 56.0 cm³/mol. The third kappa shape index (κ3) is 1.54. The molecule has 3 nitrogen and oxygen atoms in total. The fourth-order valence-electron chi connectivity index (χ4n) is 1.38. The van der Waals surface area contributed by atoms with Crippen molar-refractivity contribution >= 4 is 33.2 Å². The van der Waals surface area contributed by atoms with E-state index in [1.807, 2.05) is 19.1 Å². The first kappa shape index (κ1) is 8.56. The smallest absolute Gasteiger partial charge is 0.243 e. The Kier molecular flexibility index (Phi) is 2.00. The second kappa shape index (κ2) is 3.03. The highest BCUT2D eigenvalue weighted by Gasteiger charge is 2.16. The highest BCUT2D eigenvalue weighted by molar-refractivity contribution is 9.10. The van der Waals surface area contributed by atoms with Crippen LogP contribution in [0.2, 0.25) is 0 Å². The summed E-state index contributed by atoms with van der Waals surface area (Å²) in [7, 11) is 0. The molecule has 0 aromatic heterocycles. The van der Waals surface area contributed by atoms with Crippen LogP contribution in [0.25, 0.3) is 0 Å². The van der Waals surface area contributed by atoms with Crippen molar-refractivity contribution in [2.75, 3.05) is 17.2 Å². The van der Waals surface area contributed by atoms with Crippen molar-refractivity contribution in [1.29, 1.82) is 0 Å². The SMILES string of the molecule is Cc1cc(Br)c2c(c1)NC(=O)CN2. The Balaban J connectivity index is 2.53. The number of benzene rings is 1. The number of anilines is 2. The van der Waals surface area contributed by atoms with E-state index < -0.39 is 0 Å². The van der Waals surface area contributed by atoms with Crippen LogP contribution in [0.5, 0.6) is 0 Å². The van der Waals surface area contributed by atoms with E-state index in [4.69, 9.17) is 0 Å². The van der Waals surface area contributed by atoms with Gasteiger partial charge in [-0.3, -0.25) is 4.79 Å². The Bertz CT molecular complexity index is 376. The number of rotatable bonds is 0. The van der Waals surface area contributed by atoms with E-state index in [-0.39, 0.29) is 5.91 Å². The molecule has 0 fully saturated rings. The summed E-state index contributed by atoms with van der Waals surface area (Å²) < 4.78 is 0.988. The lowest BCUT2D eigenvalue weighted by Gasteiger charge is -2.20. The Hall–Kier alpha value is -1.03. The molecule has 2 rings (SSSR count). The van der Waals surface area contributed by atoms with Crippen LogP contribution in [0.3, 0.4) is 0 Å². The first-order valence-corrected chi connectivity index (χ1v) is 4.80. The number of nitrogens with one attached hydrogen (secondary N) is 2. The van der Waals surface area contributed by atoms with Gasteiger partial charge >= 0.3 is 0 Å². The third-order valence-electron chi connectivity index (χ3n) is 1.93. The van der Waals surface area contributed by atoms with Gasteiger partial charge < -0.3 is 10.6 Å². The van der Waals surface area contributed by atoms with Gasteiger partial charge in [0.2, 0.25) is 5.91 Å². The summed E-state index contributed by atoms with van der Waals surface area (Å²) >= 11 is 3.44. The number of fused-ring (bicyclic) bond motifs is 1. The molecule has 68 valence electrons. The van der Waals surface area contributed by atoms with Crippen LogP contribution in [0, 0.1) is 6.92 Å². The minimum Gasteiger partial charge on any atom is -0.374 e. The fraction of sp³-hybridized carbons (Fsp3) is 0.222. The van der Waals surface area contributed by atoms with Gasteiger partial charge in [-0.1, -0.05) is 0 Å². The molecule has 0 atom stereocenters. The molecule has 13 heavy (non-hydrogen) atoms. The Labute approximate surface area is 84.6 Å². The summed E-state index contributed by atoms with van der Waals surface area (Å²) in [5, 5.41) is 5.86. The summed E-state index contributed by atoms with van der Waals surface area (Å²) in [6.45, 7) is 2.33. The lowest BCUT2D eigenvalue weighted by atomic mass is 10.1. The van der Waals surface area contributed by atoms with Gasteiger partial charge in [-0.2, -0.15) is 0 Å². The number of amides is 1. The van der Waals surface area contributed by atoms with Gasteiger partial charge in [0.25, 0.3) is 0 Å². The number of aryl methyl sites for hydroxylation is 1. The summed E-state index contributed by atoms with van der Waals surface area (Å²) in [6, 6.07) is 3.97. The molecule has 0 unspecified atom stereocenters. The maximum atomic E-state index is 11.1. The minimum atomic E-state index is 0.00463. The highest BCUT2D eigenvalue weighted by atomic mass is 79.9. The van der Waals surface area contributed by atoms with Crippen molar-refractivity contribution in [2.45, 2.75) is 6.92 Å². The Morgan fingerprint density at radius 2 is 2.23 bits per heavy atom. The van der Waals surface area contributed by atoms with Gasteiger partial charge in [0.1, 0.15) is 0 Å². The zero-order chi connectivity index (χ0) is 9.42. The van der Waals surface area contributed by atoms with Crippen molar-refractivity contribution in [2.24, 2.45) is 0 Å². The maximum absolute atomic E-state index is 11.1. The standard InChI is InChI=1S/C9H9BrN2O/c1-5-2-6(10)9-7(3-5)12-8(13)4-11-9/h2-3,11H,4H2,1H3,(H,12,13). The lowest BCUT2D eigenvalue weighted by Crippen LogP contribution is -2.27. The molecule has 0 spiro atoms. The predicted octanol–water partition coefficient (Wildman–Crippen LogP) is 2.12. The molecule has 0 aliphatic carbocycles. The van der Waals surface area contributed by atoms with E-state index >= 15 is 0 Å². The molecular formula is C9H9BrN2O. The van der Waals surface area contributed by atoms with Gasteiger partial charge in [0.15, 0.2) is 0 Å². The number of halogens is 1. The molecule has 0 radical (unpaired) electrons. The van der Waals surface area contributed by atoms with Crippen LogP contribution in [-0.2, 0) is 4.79 Å². The lowest BCUT2D eigenvalue weighted by molar-refractivity contribution is -0.114. The zero-order valence-corrected chi connectivity index (χ0v) is 8.73. The molecular weight excluding hydrogens is 232 g/mol. The number of carbonyl (C=O) groups is 1. The molecule has 4 heteroatoms. The Morgan fingerprint density at radius 3 is 3.00 bits per heavy atom. The van der Waals surface area contributed by atoms with E-state index in [0.717, 1.165) is 21.4 Å². The molecule has 1 aromatic carbocycles. The minimum absolute atomic E-state index is 0.00463. The second-order valence-corrected chi connectivity index (χ2v) is 3.93. The topological polar surface area (TPSA) is 41.1 Å². The van der Waals surface area contributed by atoms with E-state index in [0.29, 0.717) is 6.54 Å². The van der Waals surface area contributed by atoms with Gasteiger partial charge in [0.05, 0.1) is 17.9 Å². The number of hydrogen-bond donors (Lipinski definition) is 2. The third-order valence-corrected chi connectivity index (χ3v) is 2.56. The quantitative estimate of drug-likeness (QED) is 0.730. The summed E-state index contributed by atoms with van der Waals surface area (Å²) in [6.07, 6.45) is 0. The number of hydrogen-bond acceptors (Lipinski definition) is 2. The number of carbonyl (C=O) groups excluding carboxylic acids is 1. The maximum Gasteiger partial charge on any atom is 0.243 e. The van der Waals surface area contributed by atoms with Crippen molar-refractivity contribution in [3.8, 4) is 0 Å². The van der Waals surface area contributed by atoms with Crippen molar-refractivity contribution in [3.05, 3.63) is 22.2 Å². The normalized spacial score (nSPS) is 14.5. The second-order valence-electron chi connectivity index (χ2n) is 3.07. The average molecular weight is 241 g/mol.